The largest absolute Gasteiger partial charge is 0.446 e. The Labute approximate surface area is 130 Å². The van der Waals surface area contributed by atoms with Crippen molar-refractivity contribution in [3.63, 3.8) is 0 Å². The fourth-order valence-electron chi connectivity index (χ4n) is 1.81. The van der Waals surface area contributed by atoms with Crippen molar-refractivity contribution in [2.24, 2.45) is 5.73 Å². The van der Waals surface area contributed by atoms with E-state index in [0.717, 1.165) is 12.0 Å². The van der Waals surface area contributed by atoms with Gasteiger partial charge in [0.05, 0.1) is 12.2 Å². The third kappa shape index (κ3) is 3.23. The number of nitrogens with two attached hydrogens (primary N) is 1. The number of benzene rings is 1. The van der Waals surface area contributed by atoms with Gasteiger partial charge in [-0.2, -0.15) is 0 Å². The second-order valence-corrected chi connectivity index (χ2v) is 4.52. The zero-order valence-electron chi connectivity index (χ0n) is 11.8. The van der Waals surface area contributed by atoms with Gasteiger partial charge in [-0.1, -0.05) is 18.2 Å². The van der Waals surface area contributed by atoms with Gasteiger partial charge < -0.3 is 15.5 Å². The van der Waals surface area contributed by atoms with Crippen LogP contribution in [-0.4, -0.2) is 31.6 Å². The maximum atomic E-state index is 12.0. The van der Waals surface area contributed by atoms with Crippen molar-refractivity contribution >= 4 is 11.8 Å². The lowest BCUT2D eigenvalue weighted by Gasteiger charge is -1.99. The monoisotopic (exact) mass is 312 g/mol. The summed E-state index contributed by atoms with van der Waals surface area (Å²) in [5.74, 6) is -1.02. The van der Waals surface area contributed by atoms with E-state index >= 15 is 0 Å². The van der Waals surface area contributed by atoms with Gasteiger partial charge in [-0.3, -0.25) is 9.59 Å². The van der Waals surface area contributed by atoms with Crippen LogP contribution in [0.5, 0.6) is 0 Å². The summed E-state index contributed by atoms with van der Waals surface area (Å²) >= 11 is 0. The predicted molar refractivity (Wildman–Crippen MR) is 77.6 cm³/mol. The van der Waals surface area contributed by atoms with Crippen LogP contribution >= 0.6 is 0 Å². The normalized spacial score (nSPS) is 10.4. The molecular formula is C14H12N6O3. The molecule has 0 aliphatic rings. The van der Waals surface area contributed by atoms with Crippen LogP contribution in [0.4, 0.5) is 0 Å². The molecule has 0 aliphatic carbocycles. The summed E-state index contributed by atoms with van der Waals surface area (Å²) in [7, 11) is 0. The number of rotatable bonds is 5. The Morgan fingerprint density at radius 1 is 1.26 bits per heavy atom. The Morgan fingerprint density at radius 3 is 2.74 bits per heavy atom. The minimum Gasteiger partial charge on any atom is -0.446 e. The van der Waals surface area contributed by atoms with Crippen molar-refractivity contribution in [1.82, 2.24) is 25.1 Å². The summed E-state index contributed by atoms with van der Waals surface area (Å²) in [5, 5.41) is 6.64. The molecule has 0 unspecified atom stereocenters. The van der Waals surface area contributed by atoms with Gasteiger partial charge >= 0.3 is 0 Å². The molecule has 0 bridgehead atoms. The minimum atomic E-state index is -0.699. The van der Waals surface area contributed by atoms with E-state index in [4.69, 9.17) is 10.2 Å². The van der Waals surface area contributed by atoms with Crippen LogP contribution < -0.4 is 11.1 Å². The smallest absolute Gasteiger partial charge is 0.291 e. The molecule has 2 heterocycles. The summed E-state index contributed by atoms with van der Waals surface area (Å²) in [6.45, 7) is -0.00795. The summed E-state index contributed by atoms with van der Waals surface area (Å²) in [5.41, 5.74) is 5.85. The number of carbonyl (C=O) groups excluding carboxylic acids is 2. The molecular weight excluding hydrogens is 300 g/mol. The Balaban J connectivity index is 1.64. The molecule has 0 aliphatic heterocycles. The number of para-hydroxylation sites is 1. The van der Waals surface area contributed by atoms with E-state index < -0.39 is 11.8 Å². The van der Waals surface area contributed by atoms with E-state index in [1.54, 1.807) is 0 Å². The average molecular weight is 312 g/mol. The van der Waals surface area contributed by atoms with Crippen molar-refractivity contribution in [2.75, 3.05) is 0 Å². The van der Waals surface area contributed by atoms with Gasteiger partial charge in [0.15, 0.2) is 5.69 Å². The SMILES string of the molecule is NC(=O)c1coc(CNC(=O)c2ncn(-c3ccccc3)n2)n1. The first-order valence-corrected chi connectivity index (χ1v) is 6.63. The van der Waals surface area contributed by atoms with Crippen LogP contribution in [0.15, 0.2) is 47.3 Å². The molecule has 0 saturated heterocycles. The third-order valence-corrected chi connectivity index (χ3v) is 2.92. The van der Waals surface area contributed by atoms with Crippen LogP contribution in [0.3, 0.4) is 0 Å². The second-order valence-electron chi connectivity index (χ2n) is 4.52. The van der Waals surface area contributed by atoms with Crippen LogP contribution in [-0.2, 0) is 6.54 Å². The molecule has 2 amide bonds. The molecule has 9 nitrogen and oxygen atoms in total. The molecule has 23 heavy (non-hydrogen) atoms. The van der Waals surface area contributed by atoms with Crippen LogP contribution in [0.2, 0.25) is 0 Å². The number of amides is 2. The average Bonchev–Trinajstić information content (AvgIpc) is 3.23. The molecule has 0 fully saturated rings. The lowest BCUT2D eigenvalue weighted by Crippen LogP contribution is -2.24. The van der Waals surface area contributed by atoms with Gasteiger partial charge in [0.1, 0.15) is 12.6 Å². The number of oxazole rings is 1. The summed E-state index contributed by atoms with van der Waals surface area (Å²) in [4.78, 5) is 30.7. The lowest BCUT2D eigenvalue weighted by molar-refractivity contribution is 0.0936. The first-order valence-electron chi connectivity index (χ1n) is 6.63. The first kappa shape index (κ1) is 14.4. The van der Waals surface area contributed by atoms with Crippen molar-refractivity contribution in [3.05, 3.63) is 60.3 Å². The Morgan fingerprint density at radius 2 is 2.04 bits per heavy atom. The van der Waals surface area contributed by atoms with E-state index in [2.05, 4.69) is 20.4 Å². The van der Waals surface area contributed by atoms with E-state index in [1.165, 1.54) is 11.0 Å². The Bertz CT molecular complexity index is 839. The summed E-state index contributed by atoms with van der Waals surface area (Å²) < 4.78 is 6.51. The van der Waals surface area contributed by atoms with Crippen LogP contribution in [0, 0.1) is 0 Å². The molecule has 2 aromatic heterocycles. The number of aromatic nitrogens is 4. The van der Waals surface area contributed by atoms with E-state index in [-0.39, 0.29) is 24.0 Å². The van der Waals surface area contributed by atoms with Gasteiger partial charge in [-0.05, 0) is 12.1 Å². The number of carbonyl (C=O) groups is 2. The highest BCUT2D eigenvalue weighted by Crippen LogP contribution is 2.05. The molecule has 116 valence electrons. The van der Waals surface area contributed by atoms with Crippen molar-refractivity contribution in [2.45, 2.75) is 6.54 Å². The fourth-order valence-corrected chi connectivity index (χ4v) is 1.81. The molecule has 3 aromatic rings. The number of primary amides is 1. The number of nitrogens with one attached hydrogen (secondary N) is 1. The Kier molecular flexibility index (Phi) is 3.83. The third-order valence-electron chi connectivity index (χ3n) is 2.92. The van der Waals surface area contributed by atoms with E-state index in [1.807, 2.05) is 30.3 Å². The van der Waals surface area contributed by atoms with Crippen molar-refractivity contribution < 1.29 is 14.0 Å². The quantitative estimate of drug-likeness (QED) is 0.696. The predicted octanol–water partition coefficient (Wildman–Crippen LogP) is 0.284. The molecule has 1 aromatic carbocycles. The molecule has 9 heteroatoms. The highest BCUT2D eigenvalue weighted by molar-refractivity contribution is 5.91. The molecule has 0 radical (unpaired) electrons. The summed E-state index contributed by atoms with van der Waals surface area (Å²) in [6.07, 6.45) is 2.58. The zero-order chi connectivity index (χ0) is 16.2. The van der Waals surface area contributed by atoms with Crippen LogP contribution in [0.1, 0.15) is 27.0 Å². The topological polar surface area (TPSA) is 129 Å². The highest BCUT2D eigenvalue weighted by atomic mass is 16.3. The fraction of sp³-hybridized carbons (Fsp3) is 0.0714. The van der Waals surface area contributed by atoms with E-state index in [9.17, 15) is 9.59 Å². The molecule has 0 saturated carbocycles. The molecule has 0 spiro atoms. The molecule has 0 atom stereocenters. The first-order chi connectivity index (χ1) is 11.1. The maximum Gasteiger partial charge on any atom is 0.291 e. The van der Waals surface area contributed by atoms with Crippen molar-refractivity contribution in [1.29, 1.82) is 0 Å². The highest BCUT2D eigenvalue weighted by Gasteiger charge is 2.14. The maximum absolute atomic E-state index is 12.0. The van der Waals surface area contributed by atoms with E-state index in [0.29, 0.717) is 0 Å². The zero-order valence-corrected chi connectivity index (χ0v) is 11.8. The minimum absolute atomic E-state index is 0.000675. The van der Waals surface area contributed by atoms with Gasteiger partial charge in [-0.25, -0.2) is 14.6 Å². The van der Waals surface area contributed by atoms with Gasteiger partial charge in [0.25, 0.3) is 11.8 Å². The summed E-state index contributed by atoms with van der Waals surface area (Å²) in [6, 6.07) is 9.28. The van der Waals surface area contributed by atoms with Gasteiger partial charge in [-0.15, -0.1) is 5.10 Å². The van der Waals surface area contributed by atoms with Crippen molar-refractivity contribution in [3.8, 4) is 5.69 Å². The Hall–Kier alpha value is -3.49. The molecule has 3 rings (SSSR count). The van der Waals surface area contributed by atoms with Gasteiger partial charge in [0.2, 0.25) is 11.7 Å². The van der Waals surface area contributed by atoms with Gasteiger partial charge in [0, 0.05) is 0 Å². The lowest BCUT2D eigenvalue weighted by atomic mass is 10.3. The van der Waals surface area contributed by atoms with Crippen LogP contribution in [0.25, 0.3) is 5.69 Å². The second kappa shape index (κ2) is 6.10. The number of hydrogen-bond donors (Lipinski definition) is 2. The molecule has 3 N–H and O–H groups in total. The number of nitrogens with zero attached hydrogens (tertiary/aromatic N) is 4. The standard InChI is InChI=1S/C14H12N6O3/c15-12(21)10-7-23-11(18-10)6-16-14(22)13-17-8-20(19-13)9-4-2-1-3-5-9/h1-5,7-8H,6H2,(H2,15,21)(H,16,22). The number of hydrogen-bond acceptors (Lipinski definition) is 6.